The van der Waals surface area contributed by atoms with Gasteiger partial charge in [0.25, 0.3) is 0 Å². The predicted molar refractivity (Wildman–Crippen MR) is 478 cm³/mol. The molecule has 12 N–H and O–H groups in total. The quantitative estimate of drug-likeness (QED) is 0.0291. The Kier molecular flexibility index (Phi) is 48.4. The number of aryl methyl sites for hydroxylation is 6. The second-order valence-corrected chi connectivity index (χ2v) is 38.1. The van der Waals surface area contributed by atoms with Gasteiger partial charge in [-0.15, -0.1) is 0 Å². The van der Waals surface area contributed by atoms with Gasteiger partial charge in [-0.3, -0.25) is 0 Å². The van der Waals surface area contributed by atoms with Gasteiger partial charge in [0.2, 0.25) is 0 Å². The first-order chi connectivity index (χ1) is 56.3. The molecule has 6 aromatic rings. The fourth-order valence-corrected chi connectivity index (χ4v) is 19.1. The van der Waals surface area contributed by atoms with E-state index >= 15 is 0 Å². The maximum atomic E-state index is 11.2. The zero-order chi connectivity index (χ0) is 88.7. The van der Waals surface area contributed by atoms with Crippen molar-refractivity contribution in [2.45, 2.75) is 303 Å². The van der Waals surface area contributed by atoms with Crippen molar-refractivity contribution < 1.29 is 143 Å². The lowest BCUT2D eigenvalue weighted by molar-refractivity contribution is -0.860. The van der Waals surface area contributed by atoms with Gasteiger partial charge in [0.05, 0.1) is 201 Å². The van der Waals surface area contributed by atoms with Crippen molar-refractivity contribution >= 4 is 0 Å². The average molecular weight is 1790 g/mol. The number of benzene rings is 6. The van der Waals surface area contributed by atoms with Crippen LogP contribution in [-0.2, 0) is 0 Å². The zero-order valence-corrected chi connectivity index (χ0v) is 81.6. The second kappa shape index (κ2) is 56.0. The van der Waals surface area contributed by atoms with E-state index in [0.717, 1.165) is 164 Å². The lowest BCUT2D eigenvalue weighted by atomic mass is 9.72. The SMILES string of the molecule is Cc1ccc(C(C[NH+](C)C)C2(O)CCCCC2)cc1.Cc1ccc([C@@H](C[NH+](C)C)C2(O)CCCCC2)cc1.Cc1ccc([C@H](C[NH+](C)C)C2(O)CCCCC2)cc1.[2H]C([2H])(C(c1ccc(C)cc1)C1(O)CCCCC1)[NH+](C)C.[2H]C([2H])([C@@H](c1ccc(C)cc1)C1(O)CCCCC1)[NH+](C)C.[2H]C([2H])([C@H](c1ccc(C)cc1)C1(O)CCCCC1)[NH+](C)C.[Cl-].[Cl-].[Cl-].[Cl-].[Cl-].[Cl-]. The van der Waals surface area contributed by atoms with Crippen LogP contribution in [0.25, 0.3) is 0 Å². The second-order valence-electron chi connectivity index (χ2n) is 38.1. The van der Waals surface area contributed by atoms with Crippen LogP contribution in [0, 0.1) is 41.5 Å². The van der Waals surface area contributed by atoms with Crippen LogP contribution in [0.15, 0.2) is 146 Å². The average Bonchev–Trinajstić information content (AvgIpc) is 0.788. The molecular formula is C102H168Cl6N6O6. The highest BCUT2D eigenvalue weighted by atomic mass is 35.5. The lowest BCUT2D eigenvalue weighted by Crippen LogP contribution is -3.06. The molecule has 0 spiro atoms. The normalized spacial score (nSPS) is 20.6. The number of rotatable bonds is 24. The first kappa shape index (κ1) is 104. The minimum atomic E-state index is -1.50. The topological polar surface area (TPSA) is 148 Å². The van der Waals surface area contributed by atoms with Crippen LogP contribution in [-0.4, -0.2) is 188 Å². The zero-order valence-electron chi connectivity index (χ0n) is 83.1. The summed E-state index contributed by atoms with van der Waals surface area (Å²) >= 11 is 0. The van der Waals surface area contributed by atoms with E-state index in [9.17, 15) is 30.6 Å². The molecule has 2 unspecified atom stereocenters. The molecular weight excluding hydrogens is 1620 g/mol. The highest BCUT2D eigenvalue weighted by Gasteiger charge is 2.46. The van der Waals surface area contributed by atoms with Gasteiger partial charge in [-0.1, -0.05) is 295 Å². The molecule has 12 nitrogen and oxygen atoms in total. The van der Waals surface area contributed by atoms with Crippen LogP contribution in [0.1, 0.15) is 303 Å². The highest BCUT2D eigenvalue weighted by Crippen LogP contribution is 2.45. The third-order valence-electron chi connectivity index (χ3n) is 25.7. The number of quaternary nitrogens is 6. The summed E-state index contributed by atoms with van der Waals surface area (Å²) in [6.45, 7) is 10.9. The molecule has 0 amide bonds. The van der Waals surface area contributed by atoms with Gasteiger partial charge in [-0.2, -0.15) is 0 Å². The number of hydrogen-bond donors (Lipinski definition) is 12. The number of likely N-dealkylation sites (N-methyl/N-ethyl adjacent to an activating group) is 6. The number of halogens is 6. The maximum absolute atomic E-state index is 11.2. The van der Waals surface area contributed by atoms with E-state index in [1.165, 1.54) is 106 Å². The molecule has 6 atom stereocenters. The van der Waals surface area contributed by atoms with Crippen molar-refractivity contribution in [2.75, 3.05) is 124 Å². The summed E-state index contributed by atoms with van der Waals surface area (Å²) in [6, 6.07) is 50.2. The Labute approximate surface area is 776 Å². The van der Waals surface area contributed by atoms with E-state index in [-0.39, 0.29) is 92.2 Å². The molecule has 6 fully saturated rings. The third kappa shape index (κ3) is 36.7. The largest absolute Gasteiger partial charge is 1.00 e. The Bertz CT molecular complexity index is 3510. The number of hydrogen-bond acceptors (Lipinski definition) is 6. The van der Waals surface area contributed by atoms with E-state index in [1.807, 2.05) is 136 Å². The number of nitrogens with one attached hydrogen (secondary N) is 6. The van der Waals surface area contributed by atoms with Crippen LogP contribution < -0.4 is 104 Å². The third-order valence-corrected chi connectivity index (χ3v) is 25.7. The minimum absolute atomic E-state index is 0. The summed E-state index contributed by atoms with van der Waals surface area (Å²) in [5.41, 5.74) is 9.69. The summed E-state index contributed by atoms with van der Waals surface area (Å²) in [7, 11) is 24.0. The Hall–Kier alpha value is -3.42. The summed E-state index contributed by atoms with van der Waals surface area (Å²) < 4.78 is 51.4. The van der Waals surface area contributed by atoms with Gasteiger partial charge in [-0.05, 0) is 152 Å². The van der Waals surface area contributed by atoms with Gasteiger partial charge in [-0.25, -0.2) is 0 Å². The Morgan fingerprint density at radius 1 is 0.208 bits per heavy atom. The molecule has 0 heterocycles. The molecule has 18 heteroatoms. The Balaban J connectivity index is 0.000000749. The fraction of sp³-hybridized carbons (Fsp3) is 0.647. The van der Waals surface area contributed by atoms with E-state index < -0.39 is 70.9 Å². The molecule has 12 rings (SSSR count). The molecule has 6 aliphatic carbocycles. The van der Waals surface area contributed by atoms with E-state index in [0.29, 0.717) is 38.5 Å². The van der Waals surface area contributed by atoms with Crippen LogP contribution in [0.3, 0.4) is 0 Å². The van der Waals surface area contributed by atoms with Gasteiger partial charge in [0.1, 0.15) is 0 Å². The molecule has 120 heavy (non-hydrogen) atoms. The van der Waals surface area contributed by atoms with Crippen molar-refractivity contribution in [3.05, 3.63) is 212 Å². The molecule has 0 bridgehead atoms. The molecule has 6 aromatic carbocycles. The summed E-state index contributed by atoms with van der Waals surface area (Å²) in [6.07, 6.45) is 30.1. The van der Waals surface area contributed by atoms with Crippen molar-refractivity contribution in [1.82, 2.24) is 0 Å². The fourth-order valence-electron chi connectivity index (χ4n) is 19.1. The minimum Gasteiger partial charge on any atom is -1.00 e. The smallest absolute Gasteiger partial charge is 0.0931 e. The highest BCUT2D eigenvalue weighted by molar-refractivity contribution is 5.33. The van der Waals surface area contributed by atoms with Crippen molar-refractivity contribution in [3.8, 4) is 0 Å². The summed E-state index contributed by atoms with van der Waals surface area (Å²) in [5.74, 6) is -0.683. The molecule has 684 valence electrons. The molecule has 6 aliphatic rings. The summed E-state index contributed by atoms with van der Waals surface area (Å²) in [4.78, 5) is 6.41. The van der Waals surface area contributed by atoms with Gasteiger partial charge < -0.3 is 134 Å². The van der Waals surface area contributed by atoms with E-state index in [2.05, 4.69) is 136 Å². The first-order valence-corrected chi connectivity index (χ1v) is 44.9. The van der Waals surface area contributed by atoms with Gasteiger partial charge in [0, 0.05) is 0 Å². The number of aliphatic hydroxyl groups is 6. The standard InChI is InChI=1S/6C17H27NO.6ClH/c6*1-14-7-9-15(10-8-14)16(13-18(2)3)17(19)11-5-4-6-12-17;;;;;;/h6*7-10,16,19H,4-6,11-13H2,1-3H3;6*1H/t4*16-;;;;;;;;/m1100......../s1/i13D2;;13D2;;13D2;;;;;;;. The van der Waals surface area contributed by atoms with Gasteiger partial charge >= 0.3 is 0 Å². The van der Waals surface area contributed by atoms with Crippen LogP contribution in [0.5, 0.6) is 0 Å². The molecule has 0 aliphatic heterocycles. The Morgan fingerprint density at radius 2 is 0.325 bits per heavy atom. The Morgan fingerprint density at radius 3 is 0.442 bits per heavy atom. The first-order valence-electron chi connectivity index (χ1n) is 47.9. The molecule has 0 aromatic heterocycles. The van der Waals surface area contributed by atoms with Crippen molar-refractivity contribution in [1.29, 1.82) is 0 Å². The summed E-state index contributed by atoms with van der Waals surface area (Å²) in [5, 5.41) is 66.8. The van der Waals surface area contributed by atoms with Crippen LogP contribution in [0.4, 0.5) is 0 Å². The van der Waals surface area contributed by atoms with Crippen LogP contribution >= 0.6 is 0 Å². The van der Waals surface area contributed by atoms with Crippen molar-refractivity contribution in [3.63, 3.8) is 0 Å². The predicted octanol–water partition coefficient (Wildman–Crippen LogP) is -6.47. The molecule has 6 saturated carbocycles. The lowest BCUT2D eigenvalue weighted by Gasteiger charge is -2.39. The van der Waals surface area contributed by atoms with Crippen molar-refractivity contribution in [2.24, 2.45) is 0 Å². The maximum Gasteiger partial charge on any atom is 0.0931 e. The van der Waals surface area contributed by atoms with Gasteiger partial charge in [0.15, 0.2) is 0 Å². The molecule has 0 saturated heterocycles. The van der Waals surface area contributed by atoms with E-state index in [4.69, 9.17) is 8.22 Å². The van der Waals surface area contributed by atoms with E-state index in [1.54, 1.807) is 0 Å². The molecule has 0 radical (unpaired) electrons. The van der Waals surface area contributed by atoms with Crippen LogP contribution in [0.2, 0.25) is 0 Å². The monoisotopic (exact) mass is 1790 g/mol.